The lowest BCUT2D eigenvalue weighted by Gasteiger charge is -2.07. The molecule has 2 atom stereocenters. The zero-order valence-electron chi connectivity index (χ0n) is 10.2. The molecular weight excluding hydrogens is 295 g/mol. The molecule has 0 saturated heterocycles. The Kier molecular flexibility index (Phi) is 2.39. The standard InChI is InChI=1S/C16H8Cl2O2/c17-7-1-3-9-11(5-7)13-14(15(9)19)12-6-8(18)2-4-10(12)16(13)20/h1-6,13-14H. The highest BCUT2D eigenvalue weighted by Crippen LogP contribution is 2.52. The molecule has 0 heterocycles. The first-order chi connectivity index (χ1) is 9.58. The Morgan fingerprint density at radius 2 is 1.10 bits per heavy atom. The fourth-order valence-corrected chi connectivity index (χ4v) is 3.67. The normalized spacial score (nSPS) is 22.7. The number of carbonyl (C=O) groups excluding carboxylic acids is 2. The zero-order valence-corrected chi connectivity index (χ0v) is 11.7. The van der Waals surface area contributed by atoms with Gasteiger partial charge in [0.25, 0.3) is 0 Å². The molecule has 0 amide bonds. The molecule has 0 spiro atoms. The van der Waals surface area contributed by atoms with Crippen molar-refractivity contribution in [2.45, 2.75) is 11.8 Å². The average molecular weight is 303 g/mol. The molecule has 0 aromatic heterocycles. The van der Waals surface area contributed by atoms with Crippen LogP contribution in [-0.2, 0) is 0 Å². The van der Waals surface area contributed by atoms with Crippen LogP contribution in [0.4, 0.5) is 0 Å². The maximum atomic E-state index is 12.6. The molecule has 0 bridgehead atoms. The van der Waals surface area contributed by atoms with Crippen LogP contribution < -0.4 is 0 Å². The molecular formula is C16H8Cl2O2. The van der Waals surface area contributed by atoms with E-state index >= 15 is 0 Å². The highest BCUT2D eigenvalue weighted by Gasteiger charge is 2.50. The van der Waals surface area contributed by atoms with Gasteiger partial charge in [0, 0.05) is 21.2 Å². The van der Waals surface area contributed by atoms with Gasteiger partial charge in [-0.1, -0.05) is 23.2 Å². The number of Topliss-reactive ketones (excluding diaryl/α,β-unsaturated/α-hetero) is 2. The molecule has 0 radical (unpaired) electrons. The lowest BCUT2D eigenvalue weighted by molar-refractivity contribution is 0.0913. The summed E-state index contributed by atoms with van der Waals surface area (Å²) < 4.78 is 0. The van der Waals surface area contributed by atoms with Crippen molar-refractivity contribution in [3.8, 4) is 0 Å². The van der Waals surface area contributed by atoms with Crippen molar-refractivity contribution in [1.29, 1.82) is 0 Å². The van der Waals surface area contributed by atoms with Gasteiger partial charge >= 0.3 is 0 Å². The Labute approximate surface area is 125 Å². The van der Waals surface area contributed by atoms with E-state index < -0.39 is 11.8 Å². The largest absolute Gasteiger partial charge is 0.293 e. The van der Waals surface area contributed by atoms with Crippen molar-refractivity contribution in [1.82, 2.24) is 0 Å². The van der Waals surface area contributed by atoms with Crippen molar-refractivity contribution < 1.29 is 9.59 Å². The van der Waals surface area contributed by atoms with E-state index in [2.05, 4.69) is 0 Å². The summed E-state index contributed by atoms with van der Waals surface area (Å²) in [6, 6.07) is 10.2. The van der Waals surface area contributed by atoms with E-state index in [1.54, 1.807) is 36.4 Å². The van der Waals surface area contributed by atoms with Crippen LogP contribution in [0, 0.1) is 0 Å². The summed E-state index contributed by atoms with van der Waals surface area (Å²) in [6.07, 6.45) is 0. The van der Waals surface area contributed by atoms with Crippen LogP contribution in [0.3, 0.4) is 0 Å². The fraction of sp³-hybridized carbons (Fsp3) is 0.125. The first kappa shape index (κ1) is 12.1. The van der Waals surface area contributed by atoms with Crippen molar-refractivity contribution >= 4 is 34.8 Å². The van der Waals surface area contributed by atoms with Gasteiger partial charge in [-0.15, -0.1) is 0 Å². The van der Waals surface area contributed by atoms with Crippen molar-refractivity contribution in [2.75, 3.05) is 0 Å². The van der Waals surface area contributed by atoms with Crippen molar-refractivity contribution in [2.24, 2.45) is 0 Å². The molecule has 0 fully saturated rings. The molecule has 2 aliphatic rings. The van der Waals surface area contributed by atoms with E-state index in [4.69, 9.17) is 23.2 Å². The van der Waals surface area contributed by atoms with Gasteiger partial charge in [0.1, 0.15) is 0 Å². The van der Waals surface area contributed by atoms with E-state index in [-0.39, 0.29) is 11.6 Å². The second-order valence-electron chi connectivity index (χ2n) is 5.15. The Morgan fingerprint density at radius 1 is 0.700 bits per heavy atom. The first-order valence-corrected chi connectivity index (χ1v) is 7.01. The van der Waals surface area contributed by atoms with E-state index in [0.29, 0.717) is 21.2 Å². The third-order valence-corrected chi connectivity index (χ3v) is 4.60. The number of rotatable bonds is 0. The molecule has 2 aromatic carbocycles. The highest BCUT2D eigenvalue weighted by molar-refractivity contribution is 6.32. The van der Waals surface area contributed by atoms with E-state index in [0.717, 1.165) is 11.1 Å². The van der Waals surface area contributed by atoms with Crippen LogP contribution in [0.5, 0.6) is 0 Å². The number of hydrogen-bond acceptors (Lipinski definition) is 2. The van der Waals surface area contributed by atoms with Crippen LogP contribution in [-0.4, -0.2) is 11.6 Å². The van der Waals surface area contributed by atoms with E-state index in [9.17, 15) is 9.59 Å². The molecule has 2 aliphatic carbocycles. The maximum absolute atomic E-state index is 12.6. The number of ketones is 2. The second-order valence-corrected chi connectivity index (χ2v) is 6.02. The maximum Gasteiger partial charge on any atom is 0.171 e. The topological polar surface area (TPSA) is 34.1 Å². The van der Waals surface area contributed by atoms with Crippen LogP contribution in [0.15, 0.2) is 36.4 Å². The highest BCUT2D eigenvalue weighted by atomic mass is 35.5. The Hall–Kier alpha value is -1.64. The number of fused-ring (bicyclic) bond motifs is 5. The Bertz CT molecular complexity index is 728. The lowest BCUT2D eigenvalue weighted by atomic mass is 9.92. The molecule has 4 heteroatoms. The summed E-state index contributed by atoms with van der Waals surface area (Å²) in [4.78, 5) is 25.1. The number of hydrogen-bond donors (Lipinski definition) is 0. The zero-order chi connectivity index (χ0) is 14.0. The van der Waals surface area contributed by atoms with Crippen molar-refractivity contribution in [3.63, 3.8) is 0 Å². The summed E-state index contributed by atoms with van der Waals surface area (Å²) in [7, 11) is 0. The van der Waals surface area contributed by atoms with Gasteiger partial charge in [-0.25, -0.2) is 0 Å². The smallest absolute Gasteiger partial charge is 0.171 e. The van der Waals surface area contributed by atoms with Gasteiger partial charge in [-0.2, -0.15) is 0 Å². The summed E-state index contributed by atoms with van der Waals surface area (Å²) in [5.41, 5.74) is 2.68. The molecule has 98 valence electrons. The van der Waals surface area contributed by atoms with E-state index in [1.807, 2.05) is 0 Å². The average Bonchev–Trinajstić information content (AvgIpc) is 2.85. The SMILES string of the molecule is O=C1c2ccc(Cl)cc2C2C(=O)c3ccc(Cl)cc3C12. The molecule has 2 nitrogen and oxygen atoms in total. The molecule has 2 unspecified atom stereocenters. The summed E-state index contributed by atoms with van der Waals surface area (Å²) in [5, 5.41) is 1.08. The molecule has 20 heavy (non-hydrogen) atoms. The van der Waals surface area contributed by atoms with E-state index in [1.165, 1.54) is 0 Å². The van der Waals surface area contributed by atoms with Gasteiger partial charge < -0.3 is 0 Å². The number of carbonyl (C=O) groups is 2. The van der Waals surface area contributed by atoms with Gasteiger partial charge in [0.15, 0.2) is 11.6 Å². The predicted molar refractivity (Wildman–Crippen MR) is 77.0 cm³/mol. The molecule has 2 aromatic rings. The molecule has 0 saturated carbocycles. The number of benzene rings is 2. The number of halogens is 2. The Balaban J connectivity index is 1.99. The summed E-state index contributed by atoms with van der Waals surface area (Å²) in [6.45, 7) is 0. The molecule has 0 N–H and O–H groups in total. The van der Waals surface area contributed by atoms with Crippen LogP contribution in [0.2, 0.25) is 10.0 Å². The third-order valence-electron chi connectivity index (χ3n) is 4.13. The van der Waals surface area contributed by atoms with Crippen LogP contribution in [0.25, 0.3) is 0 Å². The van der Waals surface area contributed by atoms with Gasteiger partial charge in [0.05, 0.1) is 11.8 Å². The fourth-order valence-electron chi connectivity index (χ4n) is 3.31. The first-order valence-electron chi connectivity index (χ1n) is 6.25. The third kappa shape index (κ3) is 1.41. The quantitative estimate of drug-likeness (QED) is 0.729. The second kappa shape index (κ2) is 3.94. The van der Waals surface area contributed by atoms with Crippen molar-refractivity contribution in [3.05, 3.63) is 68.7 Å². The van der Waals surface area contributed by atoms with Crippen LogP contribution in [0.1, 0.15) is 43.7 Å². The minimum atomic E-state index is -0.440. The monoisotopic (exact) mass is 302 g/mol. The molecule has 4 rings (SSSR count). The molecule has 0 aliphatic heterocycles. The predicted octanol–water partition coefficient (Wildman–Crippen LogP) is 4.25. The summed E-state index contributed by atoms with van der Waals surface area (Å²) in [5.74, 6) is -0.915. The lowest BCUT2D eigenvalue weighted by Crippen LogP contribution is -2.09. The minimum Gasteiger partial charge on any atom is -0.293 e. The van der Waals surface area contributed by atoms with Crippen LogP contribution >= 0.6 is 23.2 Å². The van der Waals surface area contributed by atoms with Gasteiger partial charge in [-0.3, -0.25) is 9.59 Å². The summed E-state index contributed by atoms with van der Waals surface area (Å²) >= 11 is 12.0. The Morgan fingerprint density at radius 3 is 1.50 bits per heavy atom. The minimum absolute atomic E-state index is 0.0176. The van der Waals surface area contributed by atoms with Gasteiger partial charge in [-0.05, 0) is 47.5 Å². The van der Waals surface area contributed by atoms with Gasteiger partial charge in [0.2, 0.25) is 0 Å².